The molecular formula is C18H20BrN3O4. The Bertz CT molecular complexity index is 781. The number of nitrogens with one attached hydrogen (secondary N) is 2. The Hall–Kier alpha value is -2.61. The number of nitro groups is 1. The van der Waals surface area contributed by atoms with Gasteiger partial charge in [-0.25, -0.2) is 0 Å². The van der Waals surface area contributed by atoms with E-state index in [-0.39, 0.29) is 11.6 Å². The maximum Gasteiger partial charge on any atom is 0.269 e. The molecule has 0 aromatic heterocycles. The first-order valence-electron chi connectivity index (χ1n) is 8.05. The van der Waals surface area contributed by atoms with E-state index in [1.165, 1.54) is 12.1 Å². The number of non-ortho nitro benzene ring substituents is 1. The zero-order valence-corrected chi connectivity index (χ0v) is 16.1. The number of anilines is 1. The van der Waals surface area contributed by atoms with Crippen molar-refractivity contribution >= 4 is 33.2 Å². The first-order chi connectivity index (χ1) is 12.4. The second-order valence-electron chi connectivity index (χ2n) is 5.72. The molecule has 0 aliphatic carbocycles. The molecule has 7 nitrogen and oxygen atoms in total. The highest BCUT2D eigenvalue weighted by Gasteiger charge is 2.15. The number of benzene rings is 2. The van der Waals surface area contributed by atoms with Crippen molar-refractivity contribution in [2.75, 3.05) is 18.4 Å². The van der Waals surface area contributed by atoms with Gasteiger partial charge in [-0.3, -0.25) is 14.9 Å². The molecule has 2 rings (SSSR count). The van der Waals surface area contributed by atoms with Crippen LogP contribution in [-0.4, -0.2) is 30.0 Å². The molecular weight excluding hydrogens is 402 g/mol. The van der Waals surface area contributed by atoms with E-state index in [0.717, 1.165) is 15.7 Å². The number of nitro benzene ring substituents is 1. The number of hydrogen-bond acceptors (Lipinski definition) is 5. The van der Waals surface area contributed by atoms with Crippen LogP contribution in [-0.2, 0) is 4.79 Å². The average Bonchev–Trinajstić information content (AvgIpc) is 2.61. The van der Waals surface area contributed by atoms with Gasteiger partial charge in [0.25, 0.3) is 11.6 Å². The van der Waals surface area contributed by atoms with Crippen molar-refractivity contribution in [2.45, 2.75) is 20.0 Å². The summed E-state index contributed by atoms with van der Waals surface area (Å²) >= 11 is 3.42. The standard InChI is InChI=1S/C18H20BrN3O4/c1-12-3-8-17(16(19)11-12)26-13(2)18(23)21-10-9-20-14-4-6-15(7-5-14)22(24)25/h3-8,11,13,20H,9-10H2,1-2H3,(H,21,23). The van der Waals surface area contributed by atoms with Gasteiger partial charge in [-0.2, -0.15) is 0 Å². The third-order valence-corrected chi connectivity index (χ3v) is 4.21. The van der Waals surface area contributed by atoms with Crippen molar-refractivity contribution in [3.05, 3.63) is 62.6 Å². The number of aryl methyl sites for hydroxylation is 1. The minimum absolute atomic E-state index is 0.0390. The van der Waals surface area contributed by atoms with E-state index >= 15 is 0 Å². The predicted octanol–water partition coefficient (Wildman–Crippen LogP) is 3.66. The Morgan fingerprint density at radius 3 is 2.54 bits per heavy atom. The second kappa shape index (κ2) is 9.19. The van der Waals surface area contributed by atoms with Gasteiger partial charge in [0, 0.05) is 30.9 Å². The molecule has 2 aromatic rings. The van der Waals surface area contributed by atoms with E-state index in [9.17, 15) is 14.9 Å². The Morgan fingerprint density at radius 1 is 1.23 bits per heavy atom. The minimum Gasteiger partial charge on any atom is -0.480 e. The van der Waals surface area contributed by atoms with Crippen molar-refractivity contribution in [3.8, 4) is 5.75 Å². The fraction of sp³-hybridized carbons (Fsp3) is 0.278. The van der Waals surface area contributed by atoms with Crippen LogP contribution in [0, 0.1) is 17.0 Å². The quantitative estimate of drug-likeness (QED) is 0.385. The van der Waals surface area contributed by atoms with Gasteiger partial charge in [-0.05, 0) is 59.6 Å². The van der Waals surface area contributed by atoms with Crippen LogP contribution < -0.4 is 15.4 Å². The maximum absolute atomic E-state index is 12.1. The number of carbonyl (C=O) groups is 1. The van der Waals surface area contributed by atoms with E-state index < -0.39 is 11.0 Å². The van der Waals surface area contributed by atoms with E-state index in [2.05, 4.69) is 26.6 Å². The van der Waals surface area contributed by atoms with Crippen LogP contribution in [0.5, 0.6) is 5.75 Å². The number of nitrogens with zero attached hydrogens (tertiary/aromatic N) is 1. The van der Waals surface area contributed by atoms with Gasteiger partial charge in [-0.1, -0.05) is 6.07 Å². The molecule has 0 spiro atoms. The Kier molecular flexibility index (Phi) is 6.97. The predicted molar refractivity (Wildman–Crippen MR) is 104 cm³/mol. The molecule has 0 bridgehead atoms. The van der Waals surface area contributed by atoms with Crippen LogP contribution in [0.2, 0.25) is 0 Å². The van der Waals surface area contributed by atoms with Crippen molar-refractivity contribution < 1.29 is 14.5 Å². The molecule has 0 aliphatic rings. The van der Waals surface area contributed by atoms with Crippen LogP contribution in [0.4, 0.5) is 11.4 Å². The topological polar surface area (TPSA) is 93.5 Å². The van der Waals surface area contributed by atoms with Crippen LogP contribution in [0.25, 0.3) is 0 Å². The molecule has 0 fully saturated rings. The molecule has 2 N–H and O–H groups in total. The maximum atomic E-state index is 12.1. The number of ether oxygens (including phenoxy) is 1. The molecule has 0 heterocycles. The zero-order chi connectivity index (χ0) is 19.1. The van der Waals surface area contributed by atoms with E-state index in [0.29, 0.717) is 18.8 Å². The van der Waals surface area contributed by atoms with Gasteiger partial charge in [0.05, 0.1) is 9.40 Å². The highest BCUT2D eigenvalue weighted by molar-refractivity contribution is 9.10. The lowest BCUT2D eigenvalue weighted by atomic mass is 10.2. The van der Waals surface area contributed by atoms with Crippen LogP contribution in [0.15, 0.2) is 46.9 Å². The van der Waals surface area contributed by atoms with Gasteiger partial charge >= 0.3 is 0 Å². The molecule has 0 saturated heterocycles. The molecule has 2 aromatic carbocycles. The number of carbonyl (C=O) groups excluding carboxylic acids is 1. The molecule has 1 atom stereocenters. The smallest absolute Gasteiger partial charge is 0.269 e. The van der Waals surface area contributed by atoms with E-state index in [4.69, 9.17) is 4.74 Å². The third-order valence-electron chi connectivity index (χ3n) is 3.59. The van der Waals surface area contributed by atoms with Crippen molar-refractivity contribution in [1.29, 1.82) is 0 Å². The summed E-state index contributed by atoms with van der Waals surface area (Å²) in [6, 6.07) is 11.8. The van der Waals surface area contributed by atoms with Crippen molar-refractivity contribution in [3.63, 3.8) is 0 Å². The summed E-state index contributed by atoms with van der Waals surface area (Å²) in [5.41, 5.74) is 1.88. The molecule has 0 radical (unpaired) electrons. The van der Waals surface area contributed by atoms with Gasteiger partial charge < -0.3 is 15.4 Å². The number of hydrogen-bond donors (Lipinski definition) is 2. The summed E-state index contributed by atoms with van der Waals surface area (Å²) in [6.07, 6.45) is -0.631. The van der Waals surface area contributed by atoms with Crippen LogP contribution >= 0.6 is 15.9 Å². The highest BCUT2D eigenvalue weighted by Crippen LogP contribution is 2.26. The molecule has 8 heteroatoms. The van der Waals surface area contributed by atoms with Crippen LogP contribution in [0.3, 0.4) is 0 Å². The Balaban J connectivity index is 1.74. The molecule has 0 aliphatic heterocycles. The number of rotatable bonds is 8. The van der Waals surface area contributed by atoms with Crippen molar-refractivity contribution in [2.24, 2.45) is 0 Å². The van der Waals surface area contributed by atoms with E-state index in [1.54, 1.807) is 19.1 Å². The monoisotopic (exact) mass is 421 g/mol. The molecule has 1 amide bonds. The summed E-state index contributed by atoms with van der Waals surface area (Å²) in [7, 11) is 0. The summed E-state index contributed by atoms with van der Waals surface area (Å²) < 4.78 is 6.47. The van der Waals surface area contributed by atoms with Gasteiger partial charge in [0.2, 0.25) is 0 Å². The molecule has 26 heavy (non-hydrogen) atoms. The largest absolute Gasteiger partial charge is 0.480 e. The summed E-state index contributed by atoms with van der Waals surface area (Å²) in [6.45, 7) is 4.55. The fourth-order valence-electron chi connectivity index (χ4n) is 2.18. The zero-order valence-electron chi connectivity index (χ0n) is 14.5. The second-order valence-corrected chi connectivity index (χ2v) is 6.57. The minimum atomic E-state index is -0.631. The molecule has 1 unspecified atom stereocenters. The summed E-state index contributed by atoms with van der Waals surface area (Å²) in [5, 5.41) is 16.5. The average molecular weight is 422 g/mol. The van der Waals surface area contributed by atoms with Gasteiger partial charge in [-0.15, -0.1) is 0 Å². The summed E-state index contributed by atoms with van der Waals surface area (Å²) in [5.74, 6) is 0.394. The molecule has 0 saturated carbocycles. The lowest BCUT2D eigenvalue weighted by Crippen LogP contribution is -2.38. The van der Waals surface area contributed by atoms with Gasteiger partial charge in [0.1, 0.15) is 5.75 Å². The van der Waals surface area contributed by atoms with E-state index in [1.807, 2.05) is 25.1 Å². The fourth-order valence-corrected chi connectivity index (χ4v) is 2.77. The highest BCUT2D eigenvalue weighted by atomic mass is 79.9. The Labute approximate surface area is 160 Å². The first-order valence-corrected chi connectivity index (χ1v) is 8.85. The first kappa shape index (κ1) is 19.7. The summed E-state index contributed by atoms with van der Waals surface area (Å²) in [4.78, 5) is 22.3. The van der Waals surface area contributed by atoms with Crippen LogP contribution in [0.1, 0.15) is 12.5 Å². The Morgan fingerprint density at radius 2 is 1.92 bits per heavy atom. The number of halogens is 1. The number of amides is 1. The van der Waals surface area contributed by atoms with Crippen molar-refractivity contribution in [1.82, 2.24) is 5.32 Å². The lowest BCUT2D eigenvalue weighted by Gasteiger charge is -2.16. The van der Waals surface area contributed by atoms with Gasteiger partial charge in [0.15, 0.2) is 6.10 Å². The normalized spacial score (nSPS) is 11.5. The molecule has 138 valence electrons. The lowest BCUT2D eigenvalue weighted by molar-refractivity contribution is -0.384. The SMILES string of the molecule is Cc1ccc(OC(C)C(=O)NCCNc2ccc([N+](=O)[O-])cc2)c(Br)c1. The third kappa shape index (κ3) is 5.73.